The Kier molecular flexibility index (Phi) is 19.4. The van der Waals surface area contributed by atoms with Crippen LogP contribution < -0.4 is 28.4 Å². The van der Waals surface area contributed by atoms with Gasteiger partial charge in [-0.1, -0.05) is 48.5 Å². The summed E-state index contributed by atoms with van der Waals surface area (Å²) in [6.07, 6.45) is 3.48. The Morgan fingerprint density at radius 2 is 0.893 bits per heavy atom. The molecule has 6 aromatic carbocycles. The van der Waals surface area contributed by atoms with Gasteiger partial charge in [0.2, 0.25) is 0 Å². The number of ether oxygens (including phenoxy) is 6. The van der Waals surface area contributed by atoms with Crippen LogP contribution in [-0.2, 0) is 42.5 Å². The van der Waals surface area contributed by atoms with Crippen molar-refractivity contribution in [3.05, 3.63) is 154 Å². The first-order valence-electron chi connectivity index (χ1n) is 24.4. The van der Waals surface area contributed by atoms with E-state index in [-0.39, 0.29) is 41.7 Å². The molecular formula is C58H66O15S2. The van der Waals surface area contributed by atoms with Gasteiger partial charge in [-0.2, -0.15) is 0 Å². The Bertz CT molecular complexity index is 2960. The predicted molar refractivity (Wildman–Crippen MR) is 288 cm³/mol. The highest BCUT2D eigenvalue weighted by atomic mass is 32.2. The van der Waals surface area contributed by atoms with E-state index in [1.165, 1.54) is 12.5 Å². The molecule has 2 heterocycles. The molecule has 17 heteroatoms. The highest BCUT2D eigenvalue weighted by Gasteiger charge is 2.28. The van der Waals surface area contributed by atoms with Gasteiger partial charge in [0.15, 0.2) is 0 Å². The summed E-state index contributed by atoms with van der Waals surface area (Å²) in [6.45, 7) is 10.4. The molecule has 0 amide bonds. The second kappa shape index (κ2) is 25.4. The van der Waals surface area contributed by atoms with Crippen LogP contribution in [0, 0.1) is 27.7 Å². The minimum Gasteiger partial charge on any atom is -0.494 e. The summed E-state index contributed by atoms with van der Waals surface area (Å²) >= 11 is 0. The molecule has 8 rings (SSSR count). The van der Waals surface area contributed by atoms with Crippen LogP contribution in [0.4, 0.5) is 0 Å². The Balaban J connectivity index is 0.000000241. The molecule has 0 saturated carbocycles. The maximum Gasteiger partial charge on any atom is 0.304 e. The van der Waals surface area contributed by atoms with Crippen LogP contribution >= 0.6 is 0 Å². The third kappa shape index (κ3) is 16.5. The molecule has 2 aliphatic rings. The summed E-state index contributed by atoms with van der Waals surface area (Å²) in [6, 6.07) is 35.4. The van der Waals surface area contributed by atoms with E-state index in [0.717, 1.165) is 78.3 Å². The maximum absolute atomic E-state index is 11.3. The second-order valence-corrected chi connectivity index (χ2v) is 23.6. The molecular weight excluding hydrogens is 1000 g/mol. The molecule has 2 unspecified atom stereocenters. The van der Waals surface area contributed by atoms with Crippen molar-refractivity contribution in [2.45, 2.75) is 78.4 Å². The van der Waals surface area contributed by atoms with Crippen molar-refractivity contribution in [1.29, 1.82) is 0 Å². The molecule has 2 atom stereocenters. The number of carboxylic acids is 2. The van der Waals surface area contributed by atoms with E-state index in [2.05, 4.69) is 24.3 Å². The minimum absolute atomic E-state index is 0. The summed E-state index contributed by atoms with van der Waals surface area (Å²) in [5, 5.41) is 18.2. The number of carboxylic acid groups (broad SMARTS) is 2. The zero-order chi connectivity index (χ0) is 53.2. The highest BCUT2D eigenvalue weighted by Crippen LogP contribution is 2.40. The number of fused-ring (bicyclic) bond motifs is 2. The quantitative estimate of drug-likeness (QED) is 0.0603. The van der Waals surface area contributed by atoms with E-state index in [1.807, 2.05) is 113 Å². The van der Waals surface area contributed by atoms with Crippen LogP contribution in [0.5, 0.6) is 34.5 Å². The minimum atomic E-state index is -2.99. The van der Waals surface area contributed by atoms with Gasteiger partial charge in [0, 0.05) is 47.6 Å². The first-order chi connectivity index (χ1) is 35.2. The van der Waals surface area contributed by atoms with Crippen molar-refractivity contribution in [2.75, 3.05) is 50.4 Å². The van der Waals surface area contributed by atoms with Crippen LogP contribution in [0.3, 0.4) is 0 Å². The fourth-order valence-corrected chi connectivity index (χ4v) is 10.7. The lowest BCUT2D eigenvalue weighted by molar-refractivity contribution is -0.138. The van der Waals surface area contributed by atoms with E-state index >= 15 is 0 Å². The van der Waals surface area contributed by atoms with Gasteiger partial charge in [-0.15, -0.1) is 0 Å². The van der Waals surface area contributed by atoms with Crippen LogP contribution in [0.25, 0.3) is 22.3 Å². The van der Waals surface area contributed by atoms with Gasteiger partial charge in [-0.25, -0.2) is 16.8 Å². The van der Waals surface area contributed by atoms with Gasteiger partial charge in [0.1, 0.15) is 67.4 Å². The average Bonchev–Trinajstić information content (AvgIpc) is 3.92. The zero-order valence-electron chi connectivity index (χ0n) is 43.1. The number of sulfone groups is 2. The maximum atomic E-state index is 11.3. The standard InChI is InChI=1S/2C29H32O7S.H2O/c2*1-19-12-25(34-10-5-11-37(3,32)33)13-20(2)29(19)22-7-4-6-21(14-22)17-35-24-8-9-26-23(15-28(30)31)18-36-27(26)16-24;/h2*4,6-9,12-14,16,23H,5,10-11,15,17-18H2,1-3H3,(H,30,31);1H2. The number of hydrogen-bond acceptors (Lipinski definition) is 12. The topological polar surface area (TPSA) is 230 Å². The highest BCUT2D eigenvalue weighted by molar-refractivity contribution is 7.90. The van der Waals surface area contributed by atoms with Gasteiger partial charge in [0.05, 0.1) is 50.8 Å². The summed E-state index contributed by atoms with van der Waals surface area (Å²) in [5.41, 5.74) is 12.5. The molecule has 4 N–H and O–H groups in total. The smallest absolute Gasteiger partial charge is 0.304 e. The molecule has 400 valence electrons. The Morgan fingerprint density at radius 1 is 0.520 bits per heavy atom. The number of aryl methyl sites for hydroxylation is 4. The van der Waals surface area contributed by atoms with Gasteiger partial charge in [-0.05, 0) is 145 Å². The number of aliphatic carboxylic acids is 2. The number of hydrogen-bond donors (Lipinski definition) is 2. The van der Waals surface area contributed by atoms with Gasteiger partial charge >= 0.3 is 11.9 Å². The molecule has 0 saturated heterocycles. The fourth-order valence-electron chi connectivity index (χ4n) is 9.37. The van der Waals surface area contributed by atoms with Crippen LogP contribution in [0.15, 0.2) is 109 Å². The van der Waals surface area contributed by atoms with Gasteiger partial charge in [-0.3, -0.25) is 9.59 Å². The molecule has 2 aliphatic heterocycles. The van der Waals surface area contributed by atoms with Crippen molar-refractivity contribution < 1.29 is 70.5 Å². The van der Waals surface area contributed by atoms with Crippen molar-refractivity contribution >= 4 is 31.6 Å². The first-order valence-corrected chi connectivity index (χ1v) is 28.5. The van der Waals surface area contributed by atoms with Gasteiger partial charge < -0.3 is 44.1 Å². The van der Waals surface area contributed by atoms with Crippen LogP contribution in [0.1, 0.15) is 82.0 Å². The first kappa shape index (κ1) is 57.2. The largest absolute Gasteiger partial charge is 0.494 e. The SMILES string of the molecule is Cc1cc(OCCCS(C)(=O)=O)cc(C)c1-c1cccc(COc2ccc3c(c2)OCC3CC(=O)O)c1.Cc1cc(OCCCS(C)(=O)=O)cc(C)c1-c1cccc(COc2ccc3c(c2)OCC3CC(=O)O)c1.O. The number of rotatable bonds is 22. The van der Waals surface area contributed by atoms with Crippen LogP contribution in [-0.4, -0.2) is 94.9 Å². The van der Waals surface area contributed by atoms with E-state index in [4.69, 9.17) is 38.6 Å². The summed E-state index contributed by atoms with van der Waals surface area (Å²) in [5.74, 6) is 2.47. The summed E-state index contributed by atoms with van der Waals surface area (Å²) in [7, 11) is -5.98. The van der Waals surface area contributed by atoms with Crippen molar-refractivity contribution in [1.82, 2.24) is 0 Å². The molecule has 0 radical (unpaired) electrons. The summed E-state index contributed by atoms with van der Waals surface area (Å²) < 4.78 is 80.2. The van der Waals surface area contributed by atoms with Crippen molar-refractivity contribution in [3.63, 3.8) is 0 Å². The number of carbonyl (C=O) groups is 2. The molecule has 6 aromatic rings. The summed E-state index contributed by atoms with van der Waals surface area (Å²) in [4.78, 5) is 22.1. The molecule has 0 spiro atoms. The second-order valence-electron chi connectivity index (χ2n) is 19.1. The third-order valence-corrected chi connectivity index (χ3v) is 14.7. The predicted octanol–water partition coefficient (Wildman–Crippen LogP) is 9.80. The lowest BCUT2D eigenvalue weighted by Crippen LogP contribution is -2.08. The fraction of sp³-hybridized carbons (Fsp3) is 0.345. The zero-order valence-corrected chi connectivity index (χ0v) is 44.8. The molecule has 0 aromatic heterocycles. The Hall–Kier alpha value is -7.08. The van der Waals surface area contributed by atoms with Gasteiger partial charge in [0.25, 0.3) is 0 Å². The molecule has 15 nitrogen and oxygen atoms in total. The third-order valence-electron chi connectivity index (χ3n) is 12.7. The molecule has 0 fully saturated rings. The van der Waals surface area contributed by atoms with E-state index in [9.17, 15) is 26.4 Å². The van der Waals surface area contributed by atoms with E-state index in [0.29, 0.717) is 75.5 Å². The monoisotopic (exact) mass is 1070 g/mol. The average molecular weight is 1070 g/mol. The number of benzene rings is 6. The van der Waals surface area contributed by atoms with Crippen LogP contribution in [0.2, 0.25) is 0 Å². The lowest BCUT2D eigenvalue weighted by Gasteiger charge is -2.15. The normalized spacial score (nSPS) is 14.4. The van der Waals surface area contributed by atoms with E-state index < -0.39 is 31.6 Å². The Labute approximate surface area is 439 Å². The Morgan fingerprint density at radius 3 is 1.24 bits per heavy atom. The van der Waals surface area contributed by atoms with Crippen molar-refractivity contribution in [3.8, 4) is 56.8 Å². The van der Waals surface area contributed by atoms with E-state index in [1.54, 1.807) is 0 Å². The molecule has 0 bridgehead atoms. The molecule has 75 heavy (non-hydrogen) atoms. The lowest BCUT2D eigenvalue weighted by atomic mass is 9.94. The molecule has 0 aliphatic carbocycles. The van der Waals surface area contributed by atoms with Crippen molar-refractivity contribution in [2.24, 2.45) is 0 Å².